The number of carbonyl (C=O) groups excluding carboxylic acids is 2. The second-order valence-electron chi connectivity index (χ2n) is 4.09. The van der Waals surface area contributed by atoms with Crippen molar-refractivity contribution in [1.29, 1.82) is 0 Å². The summed E-state index contributed by atoms with van der Waals surface area (Å²) in [6.07, 6.45) is 1.94. The van der Waals surface area contributed by atoms with Crippen LogP contribution >= 0.6 is 0 Å². The Morgan fingerprint density at radius 1 is 1.28 bits per heavy atom. The highest BCUT2D eigenvalue weighted by molar-refractivity contribution is 7.90. The van der Waals surface area contributed by atoms with Crippen LogP contribution in [0.1, 0.15) is 19.8 Å². The van der Waals surface area contributed by atoms with E-state index >= 15 is 0 Å². The molecule has 0 aliphatic rings. The van der Waals surface area contributed by atoms with Crippen LogP contribution in [0, 0.1) is 0 Å². The van der Waals surface area contributed by atoms with E-state index in [0.29, 0.717) is 6.54 Å². The van der Waals surface area contributed by atoms with Crippen molar-refractivity contribution >= 4 is 21.7 Å². The predicted octanol–water partition coefficient (Wildman–Crippen LogP) is -1.61. The molecule has 0 saturated heterocycles. The number of rotatable bonds is 8. The quantitative estimate of drug-likeness (QED) is 0.494. The molecule has 18 heavy (non-hydrogen) atoms. The predicted molar refractivity (Wildman–Crippen MR) is 68.6 cm³/mol. The SMILES string of the molecule is CCCNC(=O)CNC(=O)C(N)CCS(C)(=O)=O. The van der Waals surface area contributed by atoms with Crippen LogP contribution in [0.5, 0.6) is 0 Å². The van der Waals surface area contributed by atoms with Gasteiger partial charge in [-0.2, -0.15) is 0 Å². The fourth-order valence-corrected chi connectivity index (χ4v) is 1.78. The molecule has 0 spiro atoms. The molecule has 0 fully saturated rings. The molecule has 7 nitrogen and oxygen atoms in total. The van der Waals surface area contributed by atoms with Gasteiger partial charge in [0.25, 0.3) is 0 Å². The zero-order valence-corrected chi connectivity index (χ0v) is 11.5. The average Bonchev–Trinajstić information content (AvgIpc) is 2.29. The molecule has 0 aromatic heterocycles. The molecule has 1 unspecified atom stereocenters. The minimum Gasteiger partial charge on any atom is -0.355 e. The van der Waals surface area contributed by atoms with Gasteiger partial charge in [0.1, 0.15) is 9.84 Å². The molecule has 0 aliphatic carbocycles. The van der Waals surface area contributed by atoms with Gasteiger partial charge in [0.15, 0.2) is 0 Å². The maximum absolute atomic E-state index is 11.4. The fraction of sp³-hybridized carbons (Fsp3) is 0.800. The van der Waals surface area contributed by atoms with E-state index in [2.05, 4.69) is 10.6 Å². The second kappa shape index (κ2) is 8.04. The van der Waals surface area contributed by atoms with E-state index in [4.69, 9.17) is 5.73 Å². The Balaban J connectivity index is 3.91. The Hall–Kier alpha value is -1.15. The van der Waals surface area contributed by atoms with Crippen LogP contribution in [0.4, 0.5) is 0 Å². The summed E-state index contributed by atoms with van der Waals surface area (Å²) in [6.45, 7) is 2.32. The van der Waals surface area contributed by atoms with Gasteiger partial charge in [-0.15, -0.1) is 0 Å². The van der Waals surface area contributed by atoms with Crippen molar-refractivity contribution in [3.8, 4) is 0 Å². The fourth-order valence-electron chi connectivity index (χ4n) is 1.10. The summed E-state index contributed by atoms with van der Waals surface area (Å²) < 4.78 is 21.8. The maximum Gasteiger partial charge on any atom is 0.239 e. The molecule has 8 heteroatoms. The van der Waals surface area contributed by atoms with E-state index in [9.17, 15) is 18.0 Å². The molecule has 0 aliphatic heterocycles. The van der Waals surface area contributed by atoms with E-state index in [1.54, 1.807) is 0 Å². The van der Waals surface area contributed by atoms with Gasteiger partial charge in [0.05, 0.1) is 18.3 Å². The van der Waals surface area contributed by atoms with Crippen LogP contribution in [0.2, 0.25) is 0 Å². The summed E-state index contributed by atoms with van der Waals surface area (Å²) in [6, 6.07) is -0.918. The first-order chi connectivity index (χ1) is 8.26. The minimum atomic E-state index is -3.14. The van der Waals surface area contributed by atoms with Gasteiger partial charge in [-0.25, -0.2) is 8.42 Å². The Morgan fingerprint density at radius 2 is 1.89 bits per heavy atom. The van der Waals surface area contributed by atoms with Crippen molar-refractivity contribution in [2.75, 3.05) is 25.1 Å². The highest BCUT2D eigenvalue weighted by atomic mass is 32.2. The summed E-state index contributed by atoms with van der Waals surface area (Å²) in [5.41, 5.74) is 5.50. The van der Waals surface area contributed by atoms with E-state index < -0.39 is 21.8 Å². The lowest BCUT2D eigenvalue weighted by Gasteiger charge is -2.11. The molecule has 0 saturated carbocycles. The molecule has 0 bridgehead atoms. The lowest BCUT2D eigenvalue weighted by molar-refractivity contribution is -0.126. The largest absolute Gasteiger partial charge is 0.355 e. The van der Waals surface area contributed by atoms with E-state index in [0.717, 1.165) is 12.7 Å². The summed E-state index contributed by atoms with van der Waals surface area (Å²) in [5.74, 6) is -0.963. The van der Waals surface area contributed by atoms with Gasteiger partial charge < -0.3 is 16.4 Å². The lowest BCUT2D eigenvalue weighted by Crippen LogP contribution is -2.45. The van der Waals surface area contributed by atoms with Gasteiger partial charge in [-0.1, -0.05) is 6.92 Å². The van der Waals surface area contributed by atoms with Gasteiger partial charge >= 0.3 is 0 Å². The van der Waals surface area contributed by atoms with Crippen LogP contribution in [-0.2, 0) is 19.4 Å². The molecule has 106 valence electrons. The van der Waals surface area contributed by atoms with E-state index in [1.165, 1.54) is 0 Å². The highest BCUT2D eigenvalue weighted by Gasteiger charge is 2.16. The molecule has 0 aromatic carbocycles. The number of carbonyl (C=O) groups is 2. The van der Waals surface area contributed by atoms with Crippen molar-refractivity contribution in [3.63, 3.8) is 0 Å². The average molecular weight is 279 g/mol. The first kappa shape index (κ1) is 16.9. The van der Waals surface area contributed by atoms with E-state index in [1.807, 2.05) is 6.92 Å². The monoisotopic (exact) mass is 279 g/mol. The Bertz CT molecular complexity index is 381. The molecular formula is C10H21N3O4S. The van der Waals surface area contributed by atoms with Crippen LogP contribution in [-0.4, -0.2) is 51.4 Å². The molecule has 1 atom stereocenters. The topological polar surface area (TPSA) is 118 Å². The van der Waals surface area contributed by atoms with Crippen molar-refractivity contribution in [2.24, 2.45) is 5.73 Å². The van der Waals surface area contributed by atoms with Crippen LogP contribution in [0.3, 0.4) is 0 Å². The van der Waals surface area contributed by atoms with Crippen molar-refractivity contribution < 1.29 is 18.0 Å². The lowest BCUT2D eigenvalue weighted by atomic mass is 10.2. The smallest absolute Gasteiger partial charge is 0.239 e. The Morgan fingerprint density at radius 3 is 2.39 bits per heavy atom. The first-order valence-corrected chi connectivity index (χ1v) is 7.80. The normalized spacial score (nSPS) is 12.8. The Labute approximate surface area is 107 Å². The molecule has 0 heterocycles. The highest BCUT2D eigenvalue weighted by Crippen LogP contribution is 1.93. The third-order valence-electron chi connectivity index (χ3n) is 2.13. The van der Waals surface area contributed by atoms with Crippen LogP contribution < -0.4 is 16.4 Å². The van der Waals surface area contributed by atoms with Crippen molar-refractivity contribution in [3.05, 3.63) is 0 Å². The van der Waals surface area contributed by atoms with Gasteiger partial charge in [0.2, 0.25) is 11.8 Å². The number of sulfone groups is 1. The molecule has 2 amide bonds. The third kappa shape index (κ3) is 8.94. The number of hydrogen-bond donors (Lipinski definition) is 3. The summed E-state index contributed by atoms with van der Waals surface area (Å²) in [4.78, 5) is 22.6. The third-order valence-corrected chi connectivity index (χ3v) is 3.11. The molecule has 0 aromatic rings. The van der Waals surface area contributed by atoms with E-state index in [-0.39, 0.29) is 24.6 Å². The van der Waals surface area contributed by atoms with Crippen LogP contribution in [0.15, 0.2) is 0 Å². The standard InChI is InChI=1S/C10H21N3O4S/c1-3-5-12-9(14)7-13-10(15)8(11)4-6-18(2,16)17/h8H,3-7,11H2,1-2H3,(H,12,14)(H,13,15). The molecule has 4 N–H and O–H groups in total. The minimum absolute atomic E-state index is 0.0429. The second-order valence-corrected chi connectivity index (χ2v) is 6.35. The van der Waals surface area contributed by atoms with Gasteiger partial charge in [0, 0.05) is 12.8 Å². The van der Waals surface area contributed by atoms with Crippen LogP contribution in [0.25, 0.3) is 0 Å². The zero-order chi connectivity index (χ0) is 14.2. The molecule has 0 rings (SSSR count). The van der Waals surface area contributed by atoms with Crippen molar-refractivity contribution in [1.82, 2.24) is 10.6 Å². The summed E-state index contributed by atoms with van der Waals surface area (Å²) in [7, 11) is -3.14. The summed E-state index contributed by atoms with van der Waals surface area (Å²) in [5, 5.41) is 4.95. The first-order valence-electron chi connectivity index (χ1n) is 5.74. The number of nitrogens with two attached hydrogens (primary N) is 1. The Kier molecular flexibility index (Phi) is 7.53. The van der Waals surface area contributed by atoms with Crippen molar-refractivity contribution in [2.45, 2.75) is 25.8 Å². The van der Waals surface area contributed by atoms with Gasteiger partial charge in [-0.05, 0) is 12.8 Å². The number of amides is 2. The molecular weight excluding hydrogens is 258 g/mol. The maximum atomic E-state index is 11.4. The molecule has 0 radical (unpaired) electrons. The summed E-state index contributed by atoms with van der Waals surface area (Å²) >= 11 is 0. The number of nitrogens with one attached hydrogen (secondary N) is 2. The number of hydrogen-bond acceptors (Lipinski definition) is 5. The van der Waals surface area contributed by atoms with Gasteiger partial charge in [-0.3, -0.25) is 9.59 Å². The zero-order valence-electron chi connectivity index (χ0n) is 10.7.